The normalized spacial score (nSPS) is 28.3. The molecule has 4 aliphatic heterocycles. The van der Waals surface area contributed by atoms with Crippen molar-refractivity contribution >= 4 is 5.91 Å². The van der Waals surface area contributed by atoms with E-state index in [1.165, 1.54) is 6.42 Å². The van der Waals surface area contributed by atoms with Gasteiger partial charge in [0.15, 0.2) is 5.69 Å². The second-order valence-corrected chi connectivity index (χ2v) is 7.84. The van der Waals surface area contributed by atoms with Crippen molar-refractivity contribution in [1.29, 1.82) is 0 Å². The van der Waals surface area contributed by atoms with Gasteiger partial charge in [0.25, 0.3) is 5.91 Å². The summed E-state index contributed by atoms with van der Waals surface area (Å²) in [7, 11) is 0. The van der Waals surface area contributed by atoms with E-state index in [1.807, 2.05) is 17.7 Å². The molecule has 0 aromatic carbocycles. The van der Waals surface area contributed by atoms with Crippen molar-refractivity contribution < 1.29 is 9.53 Å². The molecule has 4 fully saturated rings. The molecule has 2 bridgehead atoms. The zero-order valence-corrected chi connectivity index (χ0v) is 15.5. The third-order valence-corrected chi connectivity index (χ3v) is 6.21. The lowest BCUT2D eigenvalue weighted by molar-refractivity contribution is 0.0304. The van der Waals surface area contributed by atoms with Crippen molar-refractivity contribution in [3.63, 3.8) is 0 Å². The molecular weight excluding hydrogens is 316 g/mol. The van der Waals surface area contributed by atoms with Crippen LogP contribution in [0.1, 0.15) is 48.8 Å². The molecule has 6 nitrogen and oxygen atoms in total. The van der Waals surface area contributed by atoms with Gasteiger partial charge in [0.05, 0.1) is 0 Å². The molecule has 4 saturated heterocycles. The van der Waals surface area contributed by atoms with Crippen LogP contribution in [0.2, 0.25) is 0 Å². The highest BCUT2D eigenvalue weighted by Gasteiger charge is 2.40. The van der Waals surface area contributed by atoms with Gasteiger partial charge >= 0.3 is 0 Å². The lowest BCUT2D eigenvalue weighted by atomic mass is 9.94. The van der Waals surface area contributed by atoms with E-state index < -0.39 is 0 Å². The molecule has 1 amide bonds. The topological polar surface area (TPSA) is 50.6 Å². The molecule has 25 heavy (non-hydrogen) atoms. The summed E-state index contributed by atoms with van der Waals surface area (Å²) in [5.41, 5.74) is 1.68. The Balaban J connectivity index is 1.50. The lowest BCUT2D eigenvalue weighted by Crippen LogP contribution is -2.48. The van der Waals surface area contributed by atoms with E-state index in [9.17, 15) is 4.79 Å². The highest BCUT2D eigenvalue weighted by molar-refractivity contribution is 5.92. The Morgan fingerprint density at radius 3 is 2.68 bits per heavy atom. The predicted octanol–water partition coefficient (Wildman–Crippen LogP) is 1.93. The number of hydrogen-bond donors (Lipinski definition) is 0. The Hall–Kier alpha value is -1.40. The number of rotatable bonds is 3. The van der Waals surface area contributed by atoms with E-state index in [-0.39, 0.29) is 5.91 Å². The largest absolute Gasteiger partial charge is 0.381 e. The van der Waals surface area contributed by atoms with Crippen LogP contribution in [0.4, 0.5) is 0 Å². The Kier molecular flexibility index (Phi) is 4.82. The van der Waals surface area contributed by atoms with Crippen molar-refractivity contribution in [2.75, 3.05) is 32.8 Å². The number of amides is 1. The van der Waals surface area contributed by atoms with E-state index in [1.54, 1.807) is 0 Å². The minimum absolute atomic E-state index is 0.124. The first-order valence-corrected chi connectivity index (χ1v) is 9.83. The van der Waals surface area contributed by atoms with E-state index in [2.05, 4.69) is 21.8 Å². The summed E-state index contributed by atoms with van der Waals surface area (Å²) < 4.78 is 7.44. The van der Waals surface area contributed by atoms with Crippen LogP contribution in [0.25, 0.3) is 0 Å². The molecule has 4 aliphatic rings. The molecular formula is C19H30N4O2. The zero-order chi connectivity index (χ0) is 17.4. The first-order chi connectivity index (χ1) is 12.2. The molecule has 0 aliphatic carbocycles. The molecule has 5 heterocycles. The van der Waals surface area contributed by atoms with Crippen molar-refractivity contribution in [1.82, 2.24) is 19.6 Å². The maximum atomic E-state index is 13.1. The molecule has 0 unspecified atom stereocenters. The fourth-order valence-corrected chi connectivity index (χ4v) is 4.80. The minimum Gasteiger partial charge on any atom is -0.381 e. The molecule has 138 valence electrons. The highest BCUT2D eigenvalue weighted by Crippen LogP contribution is 2.31. The summed E-state index contributed by atoms with van der Waals surface area (Å²) in [4.78, 5) is 17.9. The molecule has 6 heteroatoms. The van der Waals surface area contributed by atoms with Gasteiger partial charge in [-0.15, -0.1) is 0 Å². The average molecular weight is 346 g/mol. The number of piperidine rings is 1. The van der Waals surface area contributed by atoms with Crippen LogP contribution in [0.3, 0.4) is 0 Å². The van der Waals surface area contributed by atoms with Crippen LogP contribution in [0.5, 0.6) is 0 Å². The number of aryl methyl sites for hydroxylation is 2. The Bertz CT molecular complexity index is 623. The smallest absolute Gasteiger partial charge is 0.274 e. The van der Waals surface area contributed by atoms with Gasteiger partial charge in [-0.1, -0.05) is 0 Å². The van der Waals surface area contributed by atoms with E-state index in [0.717, 1.165) is 64.3 Å². The Morgan fingerprint density at radius 2 is 1.96 bits per heavy atom. The summed E-state index contributed by atoms with van der Waals surface area (Å²) in [5, 5.41) is 4.52. The standard InChI is InChI=1S/C19H30N4O2/c1-3-23-14(2)10-18(20-23)19(24)22-12-15-4-5-17(22)13-21(11-15)16-6-8-25-9-7-16/h10,15-17H,3-9,11-13H2,1-2H3/t15-,17+/m0/s1. The monoisotopic (exact) mass is 346 g/mol. The molecule has 0 radical (unpaired) electrons. The van der Waals surface area contributed by atoms with Gasteiger partial charge in [0.1, 0.15) is 0 Å². The maximum absolute atomic E-state index is 13.1. The van der Waals surface area contributed by atoms with Gasteiger partial charge in [0, 0.05) is 57.2 Å². The van der Waals surface area contributed by atoms with E-state index in [4.69, 9.17) is 4.74 Å². The predicted molar refractivity (Wildman–Crippen MR) is 95.6 cm³/mol. The van der Waals surface area contributed by atoms with Gasteiger partial charge < -0.3 is 9.64 Å². The molecule has 0 saturated carbocycles. The molecule has 1 aromatic rings. The molecule has 0 N–H and O–H groups in total. The summed E-state index contributed by atoms with van der Waals surface area (Å²) in [5.74, 6) is 0.721. The number of aromatic nitrogens is 2. The number of ether oxygens (including phenoxy) is 1. The number of hydrogen-bond acceptors (Lipinski definition) is 4. The van der Waals surface area contributed by atoms with Crippen LogP contribution >= 0.6 is 0 Å². The maximum Gasteiger partial charge on any atom is 0.274 e. The van der Waals surface area contributed by atoms with E-state index >= 15 is 0 Å². The van der Waals surface area contributed by atoms with Crippen molar-refractivity contribution in [3.05, 3.63) is 17.5 Å². The van der Waals surface area contributed by atoms with E-state index in [0.29, 0.717) is 23.7 Å². The third kappa shape index (κ3) is 3.34. The fourth-order valence-electron chi connectivity index (χ4n) is 4.80. The number of nitrogens with zero attached hydrogens (tertiary/aromatic N) is 4. The molecule has 5 rings (SSSR count). The lowest BCUT2D eigenvalue weighted by Gasteiger charge is -2.36. The first-order valence-electron chi connectivity index (χ1n) is 9.83. The van der Waals surface area contributed by atoms with Crippen LogP contribution in [0, 0.1) is 12.8 Å². The summed E-state index contributed by atoms with van der Waals surface area (Å²) in [6.45, 7) is 9.69. The molecule has 0 spiro atoms. The van der Waals surface area contributed by atoms with Crippen LogP contribution < -0.4 is 0 Å². The van der Waals surface area contributed by atoms with Crippen molar-refractivity contribution in [3.8, 4) is 0 Å². The van der Waals surface area contributed by atoms with Gasteiger partial charge in [0.2, 0.25) is 0 Å². The first kappa shape index (κ1) is 17.0. The molecule has 2 atom stereocenters. The van der Waals surface area contributed by atoms with Gasteiger partial charge in [-0.05, 0) is 51.5 Å². The second kappa shape index (κ2) is 7.08. The SMILES string of the molecule is CCn1nc(C(=O)N2C[C@H]3CC[C@@H]2CN(C2CCOCC2)C3)cc1C. The summed E-state index contributed by atoms with van der Waals surface area (Å²) in [6.07, 6.45) is 4.64. The number of fused-ring (bicyclic) bond motifs is 4. The third-order valence-electron chi connectivity index (χ3n) is 6.21. The zero-order valence-electron chi connectivity index (χ0n) is 15.5. The quantitative estimate of drug-likeness (QED) is 0.839. The fraction of sp³-hybridized carbons (Fsp3) is 0.789. The number of carbonyl (C=O) groups is 1. The van der Waals surface area contributed by atoms with Gasteiger partial charge in [-0.2, -0.15) is 5.10 Å². The summed E-state index contributed by atoms with van der Waals surface area (Å²) >= 11 is 0. The minimum atomic E-state index is 0.124. The second-order valence-electron chi connectivity index (χ2n) is 7.84. The Morgan fingerprint density at radius 1 is 1.16 bits per heavy atom. The Labute approximate surface area is 150 Å². The van der Waals surface area contributed by atoms with Crippen molar-refractivity contribution in [2.24, 2.45) is 5.92 Å². The van der Waals surface area contributed by atoms with Crippen LogP contribution in [0.15, 0.2) is 6.07 Å². The van der Waals surface area contributed by atoms with Crippen LogP contribution in [-0.2, 0) is 11.3 Å². The van der Waals surface area contributed by atoms with Crippen molar-refractivity contribution in [2.45, 2.75) is 58.2 Å². The molecule has 1 aromatic heterocycles. The van der Waals surface area contributed by atoms with Gasteiger partial charge in [-0.3, -0.25) is 14.4 Å². The highest BCUT2D eigenvalue weighted by atomic mass is 16.5. The van der Waals surface area contributed by atoms with Gasteiger partial charge in [-0.25, -0.2) is 0 Å². The van der Waals surface area contributed by atoms with Crippen LogP contribution in [-0.4, -0.2) is 70.4 Å². The number of carbonyl (C=O) groups excluding carboxylic acids is 1. The summed E-state index contributed by atoms with van der Waals surface area (Å²) in [6, 6.07) is 2.91. The average Bonchev–Trinajstić information content (AvgIpc) is 2.82.